The second-order valence-corrected chi connectivity index (χ2v) is 5.80. The minimum Gasteiger partial charge on any atom is -0.381 e. The van der Waals surface area contributed by atoms with Gasteiger partial charge in [0.2, 0.25) is 0 Å². The Kier molecular flexibility index (Phi) is 4.16. The van der Waals surface area contributed by atoms with E-state index in [1.54, 1.807) is 0 Å². The molecule has 3 nitrogen and oxygen atoms in total. The Morgan fingerprint density at radius 3 is 3.05 bits per heavy atom. The van der Waals surface area contributed by atoms with E-state index in [-0.39, 0.29) is 0 Å². The van der Waals surface area contributed by atoms with Crippen LogP contribution in [0.5, 0.6) is 0 Å². The van der Waals surface area contributed by atoms with Crippen molar-refractivity contribution in [2.24, 2.45) is 5.92 Å². The van der Waals surface area contributed by atoms with Crippen LogP contribution in [0.15, 0.2) is 24.3 Å². The molecule has 1 fully saturated rings. The Bertz CT molecular complexity index is 415. The minimum absolute atomic E-state index is 0.474. The third kappa shape index (κ3) is 2.99. The first-order valence-corrected chi connectivity index (χ1v) is 7.47. The van der Waals surface area contributed by atoms with E-state index in [9.17, 15) is 0 Å². The highest BCUT2D eigenvalue weighted by Gasteiger charge is 2.26. The molecule has 3 unspecified atom stereocenters. The number of hydrogen-bond acceptors (Lipinski definition) is 3. The number of hydrogen-bond donors (Lipinski definition) is 2. The van der Waals surface area contributed by atoms with Crippen LogP contribution >= 0.6 is 0 Å². The molecule has 19 heavy (non-hydrogen) atoms. The SMILES string of the molecule is CC(NC1CCNCc2ccccc21)C1CCOC1. The van der Waals surface area contributed by atoms with Crippen molar-refractivity contribution >= 4 is 0 Å². The van der Waals surface area contributed by atoms with Gasteiger partial charge in [0.05, 0.1) is 6.61 Å². The molecule has 0 spiro atoms. The van der Waals surface area contributed by atoms with E-state index in [2.05, 4.69) is 41.8 Å². The molecule has 2 aliphatic rings. The molecule has 0 aliphatic carbocycles. The first kappa shape index (κ1) is 13.1. The summed E-state index contributed by atoms with van der Waals surface area (Å²) in [5, 5.41) is 7.35. The lowest BCUT2D eigenvalue weighted by atomic mass is 9.95. The van der Waals surface area contributed by atoms with E-state index in [0.717, 1.165) is 32.7 Å². The maximum absolute atomic E-state index is 5.51. The normalized spacial score (nSPS) is 28.7. The Hall–Kier alpha value is -0.900. The molecule has 1 saturated heterocycles. The molecule has 3 rings (SSSR count). The van der Waals surface area contributed by atoms with Gasteiger partial charge in [-0.3, -0.25) is 0 Å². The van der Waals surface area contributed by atoms with Gasteiger partial charge in [-0.25, -0.2) is 0 Å². The van der Waals surface area contributed by atoms with E-state index in [0.29, 0.717) is 18.0 Å². The van der Waals surface area contributed by atoms with Gasteiger partial charge in [-0.1, -0.05) is 24.3 Å². The van der Waals surface area contributed by atoms with Crippen LogP contribution in [0.25, 0.3) is 0 Å². The fourth-order valence-corrected chi connectivity index (χ4v) is 3.23. The third-order valence-corrected chi connectivity index (χ3v) is 4.49. The van der Waals surface area contributed by atoms with Gasteiger partial charge in [0.25, 0.3) is 0 Å². The van der Waals surface area contributed by atoms with Gasteiger partial charge in [-0.2, -0.15) is 0 Å². The Morgan fingerprint density at radius 1 is 1.32 bits per heavy atom. The topological polar surface area (TPSA) is 33.3 Å². The summed E-state index contributed by atoms with van der Waals surface area (Å²) in [7, 11) is 0. The number of fused-ring (bicyclic) bond motifs is 1. The molecular formula is C16H24N2O. The van der Waals surface area contributed by atoms with Crippen LogP contribution in [-0.2, 0) is 11.3 Å². The summed E-state index contributed by atoms with van der Waals surface area (Å²) in [6.45, 7) is 6.23. The molecule has 3 atom stereocenters. The van der Waals surface area contributed by atoms with Crippen LogP contribution < -0.4 is 10.6 Å². The number of rotatable bonds is 3. The molecule has 2 aliphatic heterocycles. The van der Waals surface area contributed by atoms with Gasteiger partial charge in [-0.15, -0.1) is 0 Å². The molecule has 3 heteroatoms. The first-order chi connectivity index (χ1) is 9.34. The fourth-order valence-electron chi connectivity index (χ4n) is 3.23. The highest BCUT2D eigenvalue weighted by atomic mass is 16.5. The largest absolute Gasteiger partial charge is 0.381 e. The Morgan fingerprint density at radius 2 is 2.21 bits per heavy atom. The molecule has 0 bridgehead atoms. The van der Waals surface area contributed by atoms with Crippen molar-refractivity contribution in [3.8, 4) is 0 Å². The lowest BCUT2D eigenvalue weighted by Crippen LogP contribution is -2.37. The van der Waals surface area contributed by atoms with E-state index >= 15 is 0 Å². The zero-order chi connectivity index (χ0) is 13.1. The predicted octanol–water partition coefficient (Wildman–Crippen LogP) is 2.24. The van der Waals surface area contributed by atoms with Gasteiger partial charge >= 0.3 is 0 Å². The summed E-state index contributed by atoms with van der Waals surface area (Å²) >= 11 is 0. The standard InChI is InChI=1S/C16H24N2O/c1-12(14-7-9-19-11-14)18-16-6-8-17-10-13-4-2-3-5-15(13)16/h2-5,12,14,16-18H,6-11H2,1H3. The molecule has 0 amide bonds. The van der Waals surface area contributed by atoms with E-state index < -0.39 is 0 Å². The van der Waals surface area contributed by atoms with Crippen LogP contribution in [0.1, 0.15) is 36.9 Å². The van der Waals surface area contributed by atoms with Crippen molar-refractivity contribution in [2.75, 3.05) is 19.8 Å². The monoisotopic (exact) mass is 260 g/mol. The molecule has 1 aromatic carbocycles. The maximum atomic E-state index is 5.51. The number of nitrogens with one attached hydrogen (secondary N) is 2. The lowest BCUT2D eigenvalue weighted by molar-refractivity contribution is 0.176. The van der Waals surface area contributed by atoms with Gasteiger partial charge < -0.3 is 15.4 Å². The van der Waals surface area contributed by atoms with E-state index in [4.69, 9.17) is 4.74 Å². The third-order valence-electron chi connectivity index (χ3n) is 4.49. The van der Waals surface area contributed by atoms with Crippen LogP contribution in [0, 0.1) is 5.92 Å². The molecule has 1 aromatic rings. The molecular weight excluding hydrogens is 236 g/mol. The molecule has 2 heterocycles. The highest BCUT2D eigenvalue weighted by molar-refractivity contribution is 5.31. The van der Waals surface area contributed by atoms with E-state index in [1.807, 2.05) is 0 Å². The summed E-state index contributed by atoms with van der Waals surface area (Å²) in [4.78, 5) is 0. The smallest absolute Gasteiger partial charge is 0.0509 e. The highest BCUT2D eigenvalue weighted by Crippen LogP contribution is 2.26. The summed E-state index contributed by atoms with van der Waals surface area (Å²) in [5.41, 5.74) is 2.91. The van der Waals surface area contributed by atoms with Gasteiger partial charge in [0.1, 0.15) is 0 Å². The van der Waals surface area contributed by atoms with Crippen LogP contribution in [0.2, 0.25) is 0 Å². The summed E-state index contributed by atoms with van der Waals surface area (Å²) in [6, 6.07) is 9.81. The van der Waals surface area contributed by atoms with Gasteiger partial charge in [-0.05, 0) is 43.4 Å². The van der Waals surface area contributed by atoms with Crippen molar-refractivity contribution in [1.82, 2.24) is 10.6 Å². The van der Waals surface area contributed by atoms with Crippen LogP contribution in [0.4, 0.5) is 0 Å². The fraction of sp³-hybridized carbons (Fsp3) is 0.625. The molecule has 104 valence electrons. The minimum atomic E-state index is 0.474. The zero-order valence-corrected chi connectivity index (χ0v) is 11.7. The van der Waals surface area contributed by atoms with Crippen molar-refractivity contribution in [3.63, 3.8) is 0 Å². The summed E-state index contributed by atoms with van der Waals surface area (Å²) in [6.07, 6.45) is 2.36. The van der Waals surface area contributed by atoms with Crippen molar-refractivity contribution in [3.05, 3.63) is 35.4 Å². The molecule has 0 radical (unpaired) electrons. The quantitative estimate of drug-likeness (QED) is 0.874. The Labute approximate surface area is 115 Å². The maximum Gasteiger partial charge on any atom is 0.0509 e. The van der Waals surface area contributed by atoms with E-state index in [1.165, 1.54) is 17.5 Å². The molecule has 2 N–H and O–H groups in total. The zero-order valence-electron chi connectivity index (χ0n) is 11.7. The van der Waals surface area contributed by atoms with Crippen molar-refractivity contribution in [2.45, 2.75) is 38.4 Å². The number of benzene rings is 1. The first-order valence-electron chi connectivity index (χ1n) is 7.47. The van der Waals surface area contributed by atoms with Crippen molar-refractivity contribution < 1.29 is 4.74 Å². The lowest BCUT2D eigenvalue weighted by Gasteiger charge is -2.27. The molecule has 0 saturated carbocycles. The second kappa shape index (κ2) is 6.04. The Balaban J connectivity index is 1.72. The van der Waals surface area contributed by atoms with Crippen LogP contribution in [-0.4, -0.2) is 25.8 Å². The van der Waals surface area contributed by atoms with Gasteiger partial charge in [0.15, 0.2) is 0 Å². The summed E-state index contributed by atoms with van der Waals surface area (Å²) in [5.74, 6) is 0.670. The predicted molar refractivity (Wildman–Crippen MR) is 77.0 cm³/mol. The molecule has 0 aromatic heterocycles. The van der Waals surface area contributed by atoms with Crippen LogP contribution in [0.3, 0.4) is 0 Å². The average molecular weight is 260 g/mol. The van der Waals surface area contributed by atoms with Crippen molar-refractivity contribution in [1.29, 1.82) is 0 Å². The van der Waals surface area contributed by atoms with Gasteiger partial charge in [0, 0.05) is 25.2 Å². The second-order valence-electron chi connectivity index (χ2n) is 5.80. The average Bonchev–Trinajstić information content (AvgIpc) is 2.90. The number of ether oxygens (including phenoxy) is 1. The summed E-state index contributed by atoms with van der Waals surface area (Å²) < 4.78 is 5.51.